The van der Waals surface area contributed by atoms with Gasteiger partial charge in [0.2, 0.25) is 11.8 Å². The van der Waals surface area contributed by atoms with Crippen LogP contribution in [-0.2, 0) is 29.0 Å². The fourth-order valence-electron chi connectivity index (χ4n) is 3.66. The van der Waals surface area contributed by atoms with Crippen LogP contribution in [0.5, 0.6) is 0 Å². The second-order valence-corrected chi connectivity index (χ2v) is 8.48. The lowest BCUT2D eigenvalue weighted by Crippen LogP contribution is -2.50. The lowest BCUT2D eigenvalue weighted by molar-refractivity contribution is -0.385. The summed E-state index contributed by atoms with van der Waals surface area (Å²) in [4.78, 5) is 38.9. The quantitative estimate of drug-likeness (QED) is 0.337. The molecule has 0 aliphatic rings. The van der Waals surface area contributed by atoms with Gasteiger partial charge in [0.15, 0.2) is 0 Å². The Hall–Kier alpha value is -3.42. The number of nitro benzene ring substituents is 1. The number of hydrogen-bond acceptors (Lipinski definition) is 4. The van der Waals surface area contributed by atoms with Gasteiger partial charge in [-0.2, -0.15) is 0 Å². The summed E-state index contributed by atoms with van der Waals surface area (Å²) in [6.07, 6.45) is 0.0129. The van der Waals surface area contributed by atoms with E-state index in [-0.39, 0.29) is 36.5 Å². The van der Waals surface area contributed by atoms with E-state index in [0.29, 0.717) is 15.6 Å². The minimum absolute atomic E-state index is 0.0282. The molecule has 1 atom stereocenters. The Bertz CT molecular complexity index is 1190. The molecule has 3 aromatic rings. The van der Waals surface area contributed by atoms with Crippen molar-refractivity contribution < 1.29 is 14.5 Å². The van der Waals surface area contributed by atoms with E-state index in [1.165, 1.54) is 24.1 Å². The number of nitrogens with zero attached hydrogens (tertiary/aromatic N) is 2. The van der Waals surface area contributed by atoms with Crippen LogP contribution in [0.1, 0.15) is 16.7 Å². The average Bonchev–Trinajstić information content (AvgIpc) is 2.82. The zero-order valence-electron chi connectivity index (χ0n) is 18.4. The third-order valence-corrected chi connectivity index (χ3v) is 5.99. The molecular weight excluding hydrogens is 477 g/mol. The Labute approximate surface area is 207 Å². The van der Waals surface area contributed by atoms with E-state index in [1.54, 1.807) is 30.3 Å². The first-order valence-corrected chi connectivity index (χ1v) is 11.3. The van der Waals surface area contributed by atoms with Crippen molar-refractivity contribution in [3.05, 3.63) is 110 Å². The van der Waals surface area contributed by atoms with Gasteiger partial charge in [0, 0.05) is 41.7 Å². The molecule has 0 saturated carbocycles. The van der Waals surface area contributed by atoms with Crippen molar-refractivity contribution in [3.63, 3.8) is 0 Å². The van der Waals surface area contributed by atoms with Gasteiger partial charge in [0.25, 0.3) is 5.69 Å². The van der Waals surface area contributed by atoms with Crippen LogP contribution in [0.25, 0.3) is 0 Å². The normalized spacial score (nSPS) is 11.5. The van der Waals surface area contributed by atoms with Crippen molar-refractivity contribution in [3.8, 4) is 0 Å². The minimum Gasteiger partial charge on any atom is -0.357 e. The molecule has 0 heterocycles. The Balaban J connectivity index is 2.01. The van der Waals surface area contributed by atoms with Gasteiger partial charge in [-0.1, -0.05) is 77.8 Å². The van der Waals surface area contributed by atoms with Crippen LogP contribution in [0.3, 0.4) is 0 Å². The summed E-state index contributed by atoms with van der Waals surface area (Å²) in [6.45, 7) is 0.0282. The molecule has 0 spiro atoms. The van der Waals surface area contributed by atoms with Crippen molar-refractivity contribution in [1.29, 1.82) is 0 Å². The lowest BCUT2D eigenvalue weighted by atomic mass is 10.0. The van der Waals surface area contributed by atoms with Crippen molar-refractivity contribution in [2.75, 3.05) is 7.05 Å². The number of likely N-dealkylation sites (N-methyl/N-ethyl adjacent to an activating group) is 1. The summed E-state index contributed by atoms with van der Waals surface area (Å²) in [6, 6.07) is 19.4. The van der Waals surface area contributed by atoms with E-state index in [9.17, 15) is 19.7 Å². The van der Waals surface area contributed by atoms with E-state index in [1.807, 2.05) is 30.3 Å². The number of carbonyl (C=O) groups is 2. The van der Waals surface area contributed by atoms with E-state index >= 15 is 0 Å². The van der Waals surface area contributed by atoms with Crippen LogP contribution in [0, 0.1) is 10.1 Å². The van der Waals surface area contributed by atoms with E-state index in [4.69, 9.17) is 23.2 Å². The monoisotopic (exact) mass is 499 g/mol. The van der Waals surface area contributed by atoms with Crippen molar-refractivity contribution in [2.24, 2.45) is 0 Å². The number of carbonyl (C=O) groups excluding carboxylic acids is 2. The molecule has 1 N–H and O–H groups in total. The molecule has 9 heteroatoms. The van der Waals surface area contributed by atoms with Crippen LogP contribution in [-0.4, -0.2) is 34.7 Å². The first-order valence-electron chi connectivity index (χ1n) is 10.5. The maximum Gasteiger partial charge on any atom is 0.273 e. The minimum atomic E-state index is -0.866. The molecule has 0 radical (unpaired) electrons. The number of amides is 2. The first kappa shape index (κ1) is 25.2. The SMILES string of the molecule is CNC(=O)[C@H](Cc1ccccc1)N(Cc1ccc(Cl)cc1Cl)C(=O)Cc1ccccc1[N+](=O)[O-]. The second kappa shape index (κ2) is 11.6. The molecule has 7 nitrogen and oxygen atoms in total. The van der Waals surface area contributed by atoms with Gasteiger partial charge in [0.05, 0.1) is 11.3 Å². The number of nitrogens with one attached hydrogen (secondary N) is 1. The van der Waals surface area contributed by atoms with Gasteiger partial charge in [-0.05, 0) is 23.3 Å². The molecule has 0 unspecified atom stereocenters. The molecule has 34 heavy (non-hydrogen) atoms. The molecule has 0 aliphatic heterocycles. The number of nitro groups is 1. The summed E-state index contributed by atoms with van der Waals surface area (Å²) in [5, 5.41) is 14.9. The van der Waals surface area contributed by atoms with Gasteiger partial charge in [-0.3, -0.25) is 19.7 Å². The number of hydrogen-bond donors (Lipinski definition) is 1. The number of para-hydroxylation sites is 1. The molecule has 0 saturated heterocycles. The topological polar surface area (TPSA) is 92.6 Å². The predicted molar refractivity (Wildman–Crippen MR) is 132 cm³/mol. The molecular formula is C25H23Cl2N3O4. The summed E-state index contributed by atoms with van der Waals surface area (Å²) >= 11 is 12.4. The van der Waals surface area contributed by atoms with Gasteiger partial charge in [-0.15, -0.1) is 0 Å². The standard InChI is InChI=1S/C25H23Cl2N3O4/c1-28-25(32)23(13-17-7-3-2-4-8-17)29(16-19-11-12-20(26)15-21(19)27)24(31)14-18-9-5-6-10-22(18)30(33)34/h2-12,15,23H,13-14,16H2,1H3,(H,28,32)/t23-/m0/s1. The predicted octanol–water partition coefficient (Wildman–Crippen LogP) is 4.83. The highest BCUT2D eigenvalue weighted by molar-refractivity contribution is 6.35. The Morgan fingerprint density at radius 3 is 2.32 bits per heavy atom. The molecule has 0 fully saturated rings. The highest BCUT2D eigenvalue weighted by Gasteiger charge is 2.31. The molecule has 0 bridgehead atoms. The number of benzene rings is 3. The zero-order valence-corrected chi connectivity index (χ0v) is 19.9. The third kappa shape index (κ3) is 6.34. The second-order valence-electron chi connectivity index (χ2n) is 7.64. The smallest absolute Gasteiger partial charge is 0.273 e. The van der Waals surface area contributed by atoms with Crippen molar-refractivity contribution >= 4 is 40.7 Å². The molecule has 3 rings (SSSR count). The van der Waals surface area contributed by atoms with Crippen LogP contribution in [0.4, 0.5) is 5.69 Å². The van der Waals surface area contributed by atoms with Crippen LogP contribution in [0.15, 0.2) is 72.8 Å². The highest BCUT2D eigenvalue weighted by atomic mass is 35.5. The highest BCUT2D eigenvalue weighted by Crippen LogP contribution is 2.25. The lowest BCUT2D eigenvalue weighted by Gasteiger charge is -2.31. The maximum atomic E-state index is 13.6. The molecule has 0 aliphatic carbocycles. The maximum absolute atomic E-state index is 13.6. The van der Waals surface area contributed by atoms with Gasteiger partial charge < -0.3 is 10.2 Å². The fourth-order valence-corrected chi connectivity index (χ4v) is 4.13. The molecule has 3 aromatic carbocycles. The van der Waals surface area contributed by atoms with Gasteiger partial charge in [0.1, 0.15) is 6.04 Å². The van der Waals surface area contributed by atoms with Crippen LogP contribution < -0.4 is 5.32 Å². The van der Waals surface area contributed by atoms with Crippen molar-refractivity contribution in [1.82, 2.24) is 10.2 Å². The van der Waals surface area contributed by atoms with Crippen molar-refractivity contribution in [2.45, 2.75) is 25.4 Å². The van der Waals surface area contributed by atoms with Gasteiger partial charge in [-0.25, -0.2) is 0 Å². The average molecular weight is 500 g/mol. The first-order chi connectivity index (χ1) is 16.3. The Morgan fingerprint density at radius 1 is 1.00 bits per heavy atom. The van der Waals surface area contributed by atoms with E-state index in [0.717, 1.165) is 5.56 Å². The molecule has 0 aromatic heterocycles. The number of rotatable bonds is 9. The molecule has 2 amide bonds. The van der Waals surface area contributed by atoms with Gasteiger partial charge >= 0.3 is 0 Å². The summed E-state index contributed by atoms with van der Waals surface area (Å²) in [7, 11) is 1.50. The van der Waals surface area contributed by atoms with Crippen LogP contribution in [0.2, 0.25) is 10.0 Å². The van der Waals surface area contributed by atoms with Crippen LogP contribution >= 0.6 is 23.2 Å². The van der Waals surface area contributed by atoms with E-state index in [2.05, 4.69) is 5.32 Å². The fraction of sp³-hybridized carbons (Fsp3) is 0.200. The largest absolute Gasteiger partial charge is 0.357 e. The Kier molecular flexibility index (Phi) is 8.62. The number of halogens is 2. The summed E-state index contributed by atoms with van der Waals surface area (Å²) in [5.41, 5.74) is 1.57. The summed E-state index contributed by atoms with van der Waals surface area (Å²) < 4.78 is 0. The van der Waals surface area contributed by atoms with E-state index < -0.39 is 16.9 Å². The zero-order chi connectivity index (χ0) is 24.7. The third-order valence-electron chi connectivity index (χ3n) is 5.40. The molecule has 176 valence electrons. The Morgan fingerprint density at radius 2 is 1.68 bits per heavy atom. The summed E-state index contributed by atoms with van der Waals surface area (Å²) in [5.74, 6) is -0.797.